The second kappa shape index (κ2) is 3.91. The van der Waals surface area contributed by atoms with E-state index in [-0.39, 0.29) is 11.0 Å². The Balaban J connectivity index is 3.12. The van der Waals surface area contributed by atoms with Crippen LogP contribution >= 0.6 is 27.5 Å². The quantitative estimate of drug-likeness (QED) is 0.459. The Labute approximate surface area is 81.1 Å². The van der Waals surface area contributed by atoms with E-state index >= 15 is 0 Å². The van der Waals surface area contributed by atoms with Crippen LogP contribution in [0.4, 0.5) is 4.39 Å². The molecule has 0 spiro atoms. The first-order valence-electron chi connectivity index (χ1n) is 2.92. The molecule has 0 saturated heterocycles. The number of hydrogen-bond donors (Lipinski definition) is 0. The van der Waals surface area contributed by atoms with Crippen molar-refractivity contribution >= 4 is 33.8 Å². The van der Waals surface area contributed by atoms with Crippen LogP contribution in [0.3, 0.4) is 0 Å². The first-order chi connectivity index (χ1) is 5.65. The largest absolute Gasteiger partial charge is 0.302 e. The molecule has 64 valence electrons. The molecule has 0 aliphatic rings. The molecule has 0 radical (unpaired) electrons. The van der Waals surface area contributed by atoms with Crippen LogP contribution in [0.25, 0.3) is 0 Å². The molecular weight excluding hydrogens is 250 g/mol. The molecule has 0 aliphatic carbocycles. The van der Waals surface area contributed by atoms with Crippen LogP contribution in [-0.2, 0) is 4.79 Å². The molecule has 0 N–H and O–H groups in total. The number of hydrogen-bond acceptors (Lipinski definition) is 3. The average Bonchev–Trinajstić information content (AvgIpc) is 2.08. The molecule has 0 aromatic carbocycles. The monoisotopic (exact) mass is 252 g/mol. The molecule has 0 bridgehead atoms. The van der Waals surface area contributed by atoms with E-state index in [1.807, 2.05) is 0 Å². The standard InChI is InChI=1S/C6H3BrClFN2O/c7-3(2-12)5-4(9)1-10-6(8)11-5/h1-3H. The highest BCUT2D eigenvalue weighted by Gasteiger charge is 2.14. The van der Waals surface area contributed by atoms with Crippen molar-refractivity contribution < 1.29 is 9.18 Å². The third kappa shape index (κ3) is 1.98. The van der Waals surface area contributed by atoms with Crippen LogP contribution in [0, 0.1) is 5.82 Å². The van der Waals surface area contributed by atoms with Crippen molar-refractivity contribution in [2.75, 3.05) is 0 Å². The Kier molecular flexibility index (Phi) is 3.11. The molecular formula is C6H3BrClFN2O. The summed E-state index contributed by atoms with van der Waals surface area (Å²) in [5, 5.41) is -0.0855. The van der Waals surface area contributed by atoms with E-state index in [1.165, 1.54) is 0 Å². The number of aromatic nitrogens is 2. The van der Waals surface area contributed by atoms with Crippen LogP contribution in [0.5, 0.6) is 0 Å². The fourth-order valence-corrected chi connectivity index (χ4v) is 1.08. The third-order valence-electron chi connectivity index (χ3n) is 1.12. The van der Waals surface area contributed by atoms with Gasteiger partial charge in [-0.15, -0.1) is 0 Å². The second-order valence-electron chi connectivity index (χ2n) is 1.91. The van der Waals surface area contributed by atoms with Crippen LogP contribution < -0.4 is 0 Å². The predicted molar refractivity (Wildman–Crippen MR) is 44.7 cm³/mol. The first-order valence-corrected chi connectivity index (χ1v) is 4.22. The Bertz CT molecular complexity index is 310. The minimum atomic E-state index is -0.780. The molecule has 1 aromatic heterocycles. The fourth-order valence-electron chi connectivity index (χ4n) is 0.616. The summed E-state index contributed by atoms with van der Waals surface area (Å²) in [6, 6.07) is 0. The lowest BCUT2D eigenvalue weighted by Gasteiger charge is -2.01. The Morgan fingerprint density at radius 3 is 3.00 bits per heavy atom. The second-order valence-corrected chi connectivity index (χ2v) is 3.23. The number of carbonyl (C=O) groups excluding carboxylic acids is 1. The van der Waals surface area contributed by atoms with Gasteiger partial charge in [-0.3, -0.25) is 0 Å². The van der Waals surface area contributed by atoms with Crippen molar-refractivity contribution in [1.29, 1.82) is 0 Å². The van der Waals surface area contributed by atoms with Gasteiger partial charge in [0.2, 0.25) is 5.28 Å². The number of alkyl halides is 1. The Morgan fingerprint density at radius 1 is 1.75 bits per heavy atom. The lowest BCUT2D eigenvalue weighted by Crippen LogP contribution is -2.00. The summed E-state index contributed by atoms with van der Waals surface area (Å²) in [7, 11) is 0. The number of halogens is 3. The number of aldehydes is 1. The van der Waals surface area contributed by atoms with Gasteiger partial charge in [-0.25, -0.2) is 14.4 Å². The van der Waals surface area contributed by atoms with Crippen LogP contribution in [0.2, 0.25) is 5.28 Å². The lowest BCUT2D eigenvalue weighted by molar-refractivity contribution is -0.107. The van der Waals surface area contributed by atoms with E-state index in [9.17, 15) is 9.18 Å². The molecule has 3 nitrogen and oxygen atoms in total. The molecule has 1 atom stereocenters. The van der Waals surface area contributed by atoms with Gasteiger partial charge in [0.25, 0.3) is 0 Å². The van der Waals surface area contributed by atoms with E-state index in [0.29, 0.717) is 6.29 Å². The molecule has 1 unspecified atom stereocenters. The van der Waals surface area contributed by atoms with Gasteiger partial charge >= 0.3 is 0 Å². The predicted octanol–water partition coefficient (Wildman–Crippen LogP) is 1.90. The summed E-state index contributed by atoms with van der Waals surface area (Å²) in [5.41, 5.74) is -0.0509. The number of carbonyl (C=O) groups is 1. The van der Waals surface area contributed by atoms with Crippen molar-refractivity contribution in [2.45, 2.75) is 4.83 Å². The van der Waals surface area contributed by atoms with E-state index in [1.54, 1.807) is 0 Å². The van der Waals surface area contributed by atoms with Gasteiger partial charge in [-0.1, -0.05) is 15.9 Å². The number of rotatable bonds is 2. The van der Waals surface area contributed by atoms with Crippen molar-refractivity contribution in [1.82, 2.24) is 9.97 Å². The SMILES string of the molecule is O=CC(Br)c1nc(Cl)ncc1F. The molecule has 0 saturated carbocycles. The first kappa shape index (κ1) is 9.54. The maximum atomic E-state index is 12.8. The molecule has 1 heterocycles. The zero-order valence-corrected chi connectivity index (χ0v) is 8.01. The Morgan fingerprint density at radius 2 is 2.42 bits per heavy atom. The zero-order valence-electron chi connectivity index (χ0n) is 5.67. The molecule has 1 aromatic rings. The summed E-state index contributed by atoms with van der Waals surface area (Å²) in [6.45, 7) is 0. The maximum Gasteiger partial charge on any atom is 0.222 e. The minimum Gasteiger partial charge on any atom is -0.302 e. The van der Waals surface area contributed by atoms with Crippen molar-refractivity contribution in [3.05, 3.63) is 23.0 Å². The number of nitrogens with zero attached hydrogens (tertiary/aromatic N) is 2. The minimum absolute atomic E-state index is 0.0509. The van der Waals surface area contributed by atoms with Gasteiger partial charge in [-0.05, 0) is 11.6 Å². The van der Waals surface area contributed by atoms with Gasteiger partial charge in [0.15, 0.2) is 5.82 Å². The third-order valence-corrected chi connectivity index (χ3v) is 1.95. The van der Waals surface area contributed by atoms with Gasteiger partial charge in [-0.2, -0.15) is 0 Å². The van der Waals surface area contributed by atoms with E-state index < -0.39 is 10.6 Å². The van der Waals surface area contributed by atoms with Crippen molar-refractivity contribution in [3.63, 3.8) is 0 Å². The van der Waals surface area contributed by atoms with Crippen molar-refractivity contribution in [2.24, 2.45) is 0 Å². The van der Waals surface area contributed by atoms with Crippen molar-refractivity contribution in [3.8, 4) is 0 Å². The molecule has 0 fully saturated rings. The molecule has 0 aliphatic heterocycles. The van der Waals surface area contributed by atoms with E-state index in [4.69, 9.17) is 11.6 Å². The van der Waals surface area contributed by atoms with Crippen LogP contribution in [0.1, 0.15) is 10.5 Å². The van der Waals surface area contributed by atoms with Gasteiger partial charge in [0.05, 0.1) is 6.20 Å². The van der Waals surface area contributed by atoms with Gasteiger partial charge < -0.3 is 4.79 Å². The highest BCUT2D eigenvalue weighted by Crippen LogP contribution is 2.21. The van der Waals surface area contributed by atoms with E-state index in [2.05, 4.69) is 25.9 Å². The molecule has 0 amide bonds. The summed E-state index contributed by atoms with van der Waals surface area (Å²) in [5.74, 6) is -0.659. The van der Waals surface area contributed by atoms with Gasteiger partial charge in [0.1, 0.15) is 16.8 Å². The summed E-state index contributed by atoms with van der Waals surface area (Å²) in [6.07, 6.45) is 1.43. The topological polar surface area (TPSA) is 42.9 Å². The normalized spacial score (nSPS) is 12.6. The van der Waals surface area contributed by atoms with Crippen LogP contribution in [-0.4, -0.2) is 16.3 Å². The smallest absolute Gasteiger partial charge is 0.222 e. The van der Waals surface area contributed by atoms with Gasteiger partial charge in [0, 0.05) is 0 Å². The average molecular weight is 253 g/mol. The molecule has 6 heteroatoms. The van der Waals surface area contributed by atoms with E-state index in [0.717, 1.165) is 6.20 Å². The molecule has 12 heavy (non-hydrogen) atoms. The van der Waals surface area contributed by atoms with Crippen LogP contribution in [0.15, 0.2) is 6.20 Å². The fraction of sp³-hybridized carbons (Fsp3) is 0.167. The molecule has 1 rings (SSSR count). The highest BCUT2D eigenvalue weighted by atomic mass is 79.9. The zero-order chi connectivity index (χ0) is 9.14. The summed E-state index contributed by atoms with van der Waals surface area (Å²) >= 11 is 8.31. The summed E-state index contributed by atoms with van der Waals surface area (Å²) in [4.78, 5) is 16.4. The maximum absolute atomic E-state index is 12.8. The lowest BCUT2D eigenvalue weighted by atomic mass is 10.3. The Hall–Kier alpha value is -0.550. The highest BCUT2D eigenvalue weighted by molar-refractivity contribution is 9.09. The summed E-state index contributed by atoms with van der Waals surface area (Å²) < 4.78 is 12.8.